The molecule has 0 aromatic heterocycles. The Balaban J connectivity index is 1.79. The zero-order valence-electron chi connectivity index (χ0n) is 14.5. The highest BCUT2D eigenvalue weighted by Gasteiger charge is 2.33. The van der Waals surface area contributed by atoms with Gasteiger partial charge in [0.15, 0.2) is 6.10 Å². The molecule has 7 heteroatoms. The second-order valence-electron chi connectivity index (χ2n) is 6.64. The van der Waals surface area contributed by atoms with E-state index in [0.717, 1.165) is 6.92 Å². The van der Waals surface area contributed by atoms with Gasteiger partial charge in [0.1, 0.15) is 11.8 Å². The highest BCUT2D eigenvalue weighted by atomic mass is 19.3. The Kier molecular flexibility index (Phi) is 4.08. The molecular formula is C20H16F2N2O3. The fourth-order valence-electron chi connectivity index (χ4n) is 3.18. The highest BCUT2D eigenvalue weighted by molar-refractivity contribution is 5.98. The predicted molar refractivity (Wildman–Crippen MR) is 93.7 cm³/mol. The van der Waals surface area contributed by atoms with Gasteiger partial charge in [-0.3, -0.25) is 4.79 Å². The number of halogens is 2. The maximum Gasteiger partial charge on any atom is 0.270 e. The standard InChI is InChI=1S/C20H16F2N2O3/c1-20(21,22)12-4-2-11(3-5-12)14-8-16(24-19(25)17-10-27-17)15(9-23)13-6-7-26-18(13)14/h2-5,8,17H,6-7,10H2,1H3,(H,24,25)/t17-/m0/s1. The minimum Gasteiger partial charge on any atom is -0.492 e. The number of ether oxygens (including phenoxy) is 2. The third-order valence-electron chi connectivity index (χ3n) is 4.68. The first-order chi connectivity index (χ1) is 12.9. The molecule has 1 atom stereocenters. The van der Waals surface area contributed by atoms with E-state index in [1.807, 2.05) is 0 Å². The minimum absolute atomic E-state index is 0.0862. The molecule has 1 fully saturated rings. The third kappa shape index (κ3) is 3.24. The number of nitriles is 1. The van der Waals surface area contributed by atoms with Crippen LogP contribution in [0.1, 0.15) is 23.6 Å². The number of alkyl halides is 2. The van der Waals surface area contributed by atoms with Gasteiger partial charge in [-0.05, 0) is 11.6 Å². The Hall–Kier alpha value is -2.98. The molecule has 5 nitrogen and oxygen atoms in total. The number of fused-ring (bicyclic) bond motifs is 1. The summed E-state index contributed by atoms with van der Waals surface area (Å²) in [6, 6.07) is 9.70. The number of anilines is 1. The predicted octanol–water partition coefficient (Wildman–Crippen LogP) is 3.61. The number of nitrogens with one attached hydrogen (secondary N) is 1. The van der Waals surface area contributed by atoms with Gasteiger partial charge < -0.3 is 14.8 Å². The maximum absolute atomic E-state index is 13.5. The zero-order valence-corrected chi connectivity index (χ0v) is 14.5. The summed E-state index contributed by atoms with van der Waals surface area (Å²) in [5, 5.41) is 12.3. The van der Waals surface area contributed by atoms with E-state index in [2.05, 4.69) is 11.4 Å². The normalized spacial score (nSPS) is 17.6. The van der Waals surface area contributed by atoms with Crippen LogP contribution in [0.3, 0.4) is 0 Å². The summed E-state index contributed by atoms with van der Waals surface area (Å²) < 4.78 is 37.6. The molecule has 4 rings (SSSR count). The summed E-state index contributed by atoms with van der Waals surface area (Å²) in [6.45, 7) is 1.63. The van der Waals surface area contributed by atoms with E-state index in [4.69, 9.17) is 9.47 Å². The minimum atomic E-state index is -2.93. The van der Waals surface area contributed by atoms with Crippen molar-refractivity contribution in [3.8, 4) is 22.9 Å². The van der Waals surface area contributed by atoms with Crippen molar-refractivity contribution in [1.29, 1.82) is 5.26 Å². The molecule has 0 unspecified atom stereocenters. The van der Waals surface area contributed by atoms with E-state index in [0.29, 0.717) is 53.3 Å². The second kappa shape index (κ2) is 6.32. The van der Waals surface area contributed by atoms with Crippen LogP contribution in [0.5, 0.6) is 5.75 Å². The molecule has 0 radical (unpaired) electrons. The quantitative estimate of drug-likeness (QED) is 0.835. The van der Waals surface area contributed by atoms with Crippen LogP contribution in [0.15, 0.2) is 30.3 Å². The highest BCUT2D eigenvalue weighted by Crippen LogP contribution is 2.43. The first-order valence-corrected chi connectivity index (χ1v) is 8.52. The van der Waals surface area contributed by atoms with Crippen molar-refractivity contribution >= 4 is 11.6 Å². The van der Waals surface area contributed by atoms with Crippen LogP contribution in [0.4, 0.5) is 14.5 Å². The van der Waals surface area contributed by atoms with Crippen LogP contribution in [0.25, 0.3) is 11.1 Å². The molecule has 0 bridgehead atoms. The monoisotopic (exact) mass is 370 g/mol. The lowest BCUT2D eigenvalue weighted by atomic mass is 9.94. The lowest BCUT2D eigenvalue weighted by Gasteiger charge is -2.15. The van der Waals surface area contributed by atoms with Crippen LogP contribution < -0.4 is 10.1 Å². The summed E-state index contributed by atoms with van der Waals surface area (Å²) in [4.78, 5) is 12.1. The fraction of sp³-hybridized carbons (Fsp3) is 0.300. The van der Waals surface area contributed by atoms with E-state index in [1.54, 1.807) is 18.2 Å². The molecule has 0 saturated carbocycles. The maximum atomic E-state index is 13.5. The van der Waals surface area contributed by atoms with E-state index in [9.17, 15) is 18.8 Å². The first kappa shape index (κ1) is 17.4. The molecule has 0 spiro atoms. The molecule has 2 aliphatic heterocycles. The smallest absolute Gasteiger partial charge is 0.270 e. The summed E-state index contributed by atoms with van der Waals surface area (Å²) >= 11 is 0. The van der Waals surface area contributed by atoms with Crippen molar-refractivity contribution in [3.05, 3.63) is 47.0 Å². The average molecular weight is 370 g/mol. The molecule has 27 heavy (non-hydrogen) atoms. The van der Waals surface area contributed by atoms with E-state index in [1.165, 1.54) is 12.1 Å². The topological polar surface area (TPSA) is 74.7 Å². The van der Waals surface area contributed by atoms with Crippen LogP contribution in [0, 0.1) is 11.3 Å². The van der Waals surface area contributed by atoms with Crippen LogP contribution in [-0.4, -0.2) is 25.2 Å². The van der Waals surface area contributed by atoms with Crippen molar-refractivity contribution in [2.24, 2.45) is 0 Å². The summed E-state index contributed by atoms with van der Waals surface area (Å²) in [7, 11) is 0. The van der Waals surface area contributed by atoms with Crippen molar-refractivity contribution in [1.82, 2.24) is 0 Å². The van der Waals surface area contributed by atoms with Gasteiger partial charge in [-0.15, -0.1) is 0 Å². The van der Waals surface area contributed by atoms with Crippen molar-refractivity contribution in [2.75, 3.05) is 18.5 Å². The van der Waals surface area contributed by atoms with E-state index >= 15 is 0 Å². The average Bonchev–Trinajstić information content (AvgIpc) is 3.38. The van der Waals surface area contributed by atoms with Gasteiger partial charge in [0.2, 0.25) is 0 Å². The van der Waals surface area contributed by atoms with Gasteiger partial charge >= 0.3 is 0 Å². The largest absolute Gasteiger partial charge is 0.492 e. The summed E-state index contributed by atoms with van der Waals surface area (Å²) in [5.41, 5.74) is 2.69. The van der Waals surface area contributed by atoms with Crippen LogP contribution in [0.2, 0.25) is 0 Å². The molecule has 1 saturated heterocycles. The number of rotatable bonds is 4. The Morgan fingerprint density at radius 1 is 1.33 bits per heavy atom. The molecular weight excluding hydrogens is 354 g/mol. The zero-order chi connectivity index (χ0) is 19.2. The molecule has 2 aliphatic rings. The van der Waals surface area contributed by atoms with E-state index < -0.39 is 12.0 Å². The summed E-state index contributed by atoms with van der Waals surface area (Å²) in [5.74, 6) is -2.68. The Labute approximate surface area is 154 Å². The lowest BCUT2D eigenvalue weighted by molar-refractivity contribution is -0.117. The van der Waals surface area contributed by atoms with Crippen LogP contribution >= 0.6 is 0 Å². The van der Waals surface area contributed by atoms with Crippen molar-refractivity contribution in [3.63, 3.8) is 0 Å². The van der Waals surface area contributed by atoms with Crippen LogP contribution in [-0.2, 0) is 21.9 Å². The molecule has 2 aromatic rings. The second-order valence-corrected chi connectivity index (χ2v) is 6.64. The molecule has 138 valence electrons. The molecule has 1 N–H and O–H groups in total. The van der Waals surface area contributed by atoms with Gasteiger partial charge in [-0.2, -0.15) is 5.26 Å². The SMILES string of the molecule is CC(F)(F)c1ccc(-c2cc(NC(=O)[C@@H]3CO3)c(C#N)c3c2OCC3)cc1. The number of epoxide rings is 1. The number of carbonyl (C=O) groups excluding carboxylic acids is 1. The Morgan fingerprint density at radius 2 is 2.04 bits per heavy atom. The van der Waals surface area contributed by atoms with Gasteiger partial charge in [-0.1, -0.05) is 24.3 Å². The number of hydrogen-bond donors (Lipinski definition) is 1. The van der Waals surface area contributed by atoms with Gasteiger partial charge in [0.05, 0.1) is 24.5 Å². The molecule has 1 amide bonds. The number of nitrogens with zero attached hydrogens (tertiary/aromatic N) is 1. The number of amides is 1. The molecule has 0 aliphatic carbocycles. The third-order valence-corrected chi connectivity index (χ3v) is 4.68. The molecule has 2 heterocycles. The number of carbonyl (C=O) groups is 1. The first-order valence-electron chi connectivity index (χ1n) is 8.52. The number of benzene rings is 2. The fourth-order valence-corrected chi connectivity index (χ4v) is 3.18. The number of hydrogen-bond acceptors (Lipinski definition) is 4. The molecule has 2 aromatic carbocycles. The Morgan fingerprint density at radius 3 is 2.63 bits per heavy atom. The van der Waals surface area contributed by atoms with Gasteiger partial charge in [0, 0.05) is 30.0 Å². The van der Waals surface area contributed by atoms with Gasteiger partial charge in [-0.25, -0.2) is 8.78 Å². The van der Waals surface area contributed by atoms with E-state index in [-0.39, 0.29) is 11.5 Å². The summed E-state index contributed by atoms with van der Waals surface area (Å²) in [6.07, 6.45) is 0.0514. The lowest BCUT2D eigenvalue weighted by Crippen LogP contribution is -2.19. The van der Waals surface area contributed by atoms with Crippen molar-refractivity contribution < 1.29 is 23.0 Å². The Bertz CT molecular complexity index is 955. The van der Waals surface area contributed by atoms with Crippen molar-refractivity contribution in [2.45, 2.75) is 25.4 Å². The van der Waals surface area contributed by atoms with Gasteiger partial charge in [0.25, 0.3) is 11.8 Å².